The van der Waals surface area contributed by atoms with Gasteiger partial charge < -0.3 is 5.32 Å². The van der Waals surface area contributed by atoms with Gasteiger partial charge in [-0.25, -0.2) is 0 Å². The fourth-order valence-corrected chi connectivity index (χ4v) is 4.18. The molecule has 0 fully saturated rings. The average molecular weight is 285 g/mol. The highest BCUT2D eigenvalue weighted by Crippen LogP contribution is 2.37. The quantitative estimate of drug-likeness (QED) is 0.828. The molecule has 0 bridgehead atoms. The van der Waals surface area contributed by atoms with Crippen molar-refractivity contribution in [1.29, 1.82) is 0 Å². The second-order valence-corrected chi connectivity index (χ2v) is 7.33. The normalized spacial score (nSPS) is 21.8. The Morgan fingerprint density at radius 1 is 1.15 bits per heavy atom. The highest BCUT2D eigenvalue weighted by molar-refractivity contribution is 7.12. The van der Waals surface area contributed by atoms with Gasteiger partial charge in [0.05, 0.1) is 0 Å². The highest BCUT2D eigenvalue weighted by atomic mass is 32.1. The second-order valence-electron chi connectivity index (χ2n) is 5.99. The first-order valence-electron chi connectivity index (χ1n) is 7.53. The SMILES string of the molecule is Cc1cc(CNC2CCC(C)c3ccccc32)sc1C. The molecule has 0 saturated heterocycles. The van der Waals surface area contributed by atoms with E-state index >= 15 is 0 Å². The summed E-state index contributed by atoms with van der Waals surface area (Å²) >= 11 is 1.92. The summed E-state index contributed by atoms with van der Waals surface area (Å²) < 4.78 is 0. The van der Waals surface area contributed by atoms with Gasteiger partial charge in [-0.15, -0.1) is 11.3 Å². The first-order valence-corrected chi connectivity index (χ1v) is 8.35. The molecule has 106 valence electrons. The molecule has 0 saturated carbocycles. The lowest BCUT2D eigenvalue weighted by Gasteiger charge is -2.30. The van der Waals surface area contributed by atoms with Crippen LogP contribution in [0.1, 0.15) is 58.2 Å². The van der Waals surface area contributed by atoms with Crippen LogP contribution in [0.4, 0.5) is 0 Å². The third-order valence-electron chi connectivity index (χ3n) is 4.53. The molecule has 1 N–H and O–H groups in total. The van der Waals surface area contributed by atoms with Crippen molar-refractivity contribution >= 4 is 11.3 Å². The Morgan fingerprint density at radius 2 is 1.90 bits per heavy atom. The fraction of sp³-hybridized carbons (Fsp3) is 0.444. The van der Waals surface area contributed by atoms with E-state index in [1.54, 1.807) is 0 Å². The van der Waals surface area contributed by atoms with Crippen LogP contribution in [0, 0.1) is 13.8 Å². The maximum absolute atomic E-state index is 3.77. The summed E-state index contributed by atoms with van der Waals surface area (Å²) in [5.74, 6) is 0.704. The van der Waals surface area contributed by atoms with Crippen molar-refractivity contribution in [2.45, 2.75) is 52.1 Å². The number of hydrogen-bond acceptors (Lipinski definition) is 2. The topological polar surface area (TPSA) is 12.0 Å². The van der Waals surface area contributed by atoms with Crippen LogP contribution in [-0.4, -0.2) is 0 Å². The zero-order valence-corrected chi connectivity index (χ0v) is 13.4. The average Bonchev–Trinajstić information content (AvgIpc) is 2.77. The van der Waals surface area contributed by atoms with Gasteiger partial charge in [0.2, 0.25) is 0 Å². The van der Waals surface area contributed by atoms with Crippen molar-refractivity contribution in [1.82, 2.24) is 5.32 Å². The molecule has 1 aromatic heterocycles. The van der Waals surface area contributed by atoms with E-state index in [0.717, 1.165) is 6.54 Å². The lowest BCUT2D eigenvalue weighted by atomic mass is 9.81. The van der Waals surface area contributed by atoms with Gasteiger partial charge >= 0.3 is 0 Å². The summed E-state index contributed by atoms with van der Waals surface area (Å²) in [4.78, 5) is 2.90. The van der Waals surface area contributed by atoms with E-state index in [-0.39, 0.29) is 0 Å². The van der Waals surface area contributed by atoms with Gasteiger partial charge in [-0.2, -0.15) is 0 Å². The van der Waals surface area contributed by atoms with Crippen LogP contribution in [0.25, 0.3) is 0 Å². The molecule has 1 aromatic carbocycles. The van der Waals surface area contributed by atoms with E-state index in [0.29, 0.717) is 12.0 Å². The lowest BCUT2D eigenvalue weighted by Crippen LogP contribution is -2.25. The molecule has 2 heteroatoms. The van der Waals surface area contributed by atoms with Crippen LogP contribution in [-0.2, 0) is 6.54 Å². The van der Waals surface area contributed by atoms with Crippen molar-refractivity contribution in [2.75, 3.05) is 0 Å². The maximum Gasteiger partial charge on any atom is 0.0326 e. The molecule has 2 unspecified atom stereocenters. The standard InChI is InChI=1S/C18H23NS/c1-12-8-9-18(17-7-5-4-6-16(12)17)19-11-15-10-13(2)14(3)20-15/h4-7,10,12,18-19H,8-9,11H2,1-3H3. The molecule has 1 heterocycles. The van der Waals surface area contributed by atoms with E-state index in [1.807, 2.05) is 11.3 Å². The Kier molecular flexibility index (Phi) is 3.95. The Hall–Kier alpha value is -1.12. The molecule has 0 aliphatic heterocycles. The van der Waals surface area contributed by atoms with Crippen molar-refractivity contribution in [3.05, 3.63) is 56.8 Å². The van der Waals surface area contributed by atoms with Gasteiger partial charge in [-0.05, 0) is 55.4 Å². The molecule has 1 nitrogen and oxygen atoms in total. The Balaban J connectivity index is 1.74. The van der Waals surface area contributed by atoms with Crippen molar-refractivity contribution < 1.29 is 0 Å². The minimum Gasteiger partial charge on any atom is -0.305 e. The molecule has 1 aliphatic carbocycles. The third kappa shape index (κ3) is 2.68. The molecule has 0 radical (unpaired) electrons. The molecule has 0 spiro atoms. The van der Waals surface area contributed by atoms with Gasteiger partial charge in [-0.1, -0.05) is 31.2 Å². The van der Waals surface area contributed by atoms with E-state index in [1.165, 1.54) is 39.3 Å². The first-order chi connectivity index (χ1) is 9.65. The number of rotatable bonds is 3. The van der Waals surface area contributed by atoms with Crippen LogP contribution < -0.4 is 5.32 Å². The smallest absolute Gasteiger partial charge is 0.0326 e. The van der Waals surface area contributed by atoms with E-state index < -0.39 is 0 Å². The molecule has 2 aromatic rings. The summed E-state index contributed by atoms with van der Waals surface area (Å²) in [6.07, 6.45) is 2.54. The maximum atomic E-state index is 3.77. The lowest BCUT2D eigenvalue weighted by molar-refractivity contribution is 0.432. The molecule has 20 heavy (non-hydrogen) atoms. The summed E-state index contributed by atoms with van der Waals surface area (Å²) in [7, 11) is 0. The van der Waals surface area contributed by atoms with E-state index in [2.05, 4.69) is 56.4 Å². The molecule has 2 atom stereocenters. The summed E-state index contributed by atoms with van der Waals surface area (Å²) in [5, 5.41) is 3.77. The third-order valence-corrected chi connectivity index (χ3v) is 5.68. The molecule has 1 aliphatic rings. The van der Waals surface area contributed by atoms with Crippen LogP contribution in [0.15, 0.2) is 30.3 Å². The largest absolute Gasteiger partial charge is 0.305 e. The molecule has 3 rings (SSSR count). The summed E-state index contributed by atoms with van der Waals surface area (Å²) in [5.41, 5.74) is 4.47. The minimum absolute atomic E-state index is 0.519. The Morgan fingerprint density at radius 3 is 2.60 bits per heavy atom. The van der Waals surface area contributed by atoms with Crippen LogP contribution >= 0.6 is 11.3 Å². The monoisotopic (exact) mass is 285 g/mol. The van der Waals surface area contributed by atoms with Crippen molar-refractivity contribution in [3.8, 4) is 0 Å². The first kappa shape index (κ1) is 13.8. The van der Waals surface area contributed by atoms with Gasteiger partial charge in [0, 0.05) is 22.3 Å². The number of thiophene rings is 1. The summed E-state index contributed by atoms with van der Waals surface area (Å²) in [6, 6.07) is 11.8. The van der Waals surface area contributed by atoms with Gasteiger partial charge in [0.25, 0.3) is 0 Å². The Bertz CT molecular complexity index is 580. The minimum atomic E-state index is 0.519. The predicted octanol–water partition coefficient (Wildman–Crippen LogP) is 5.09. The second kappa shape index (κ2) is 5.71. The van der Waals surface area contributed by atoms with Gasteiger partial charge in [0.15, 0.2) is 0 Å². The highest BCUT2D eigenvalue weighted by Gasteiger charge is 2.23. The van der Waals surface area contributed by atoms with Crippen molar-refractivity contribution in [3.63, 3.8) is 0 Å². The zero-order chi connectivity index (χ0) is 14.1. The van der Waals surface area contributed by atoms with Crippen LogP contribution in [0.5, 0.6) is 0 Å². The molecular weight excluding hydrogens is 262 g/mol. The van der Waals surface area contributed by atoms with E-state index in [9.17, 15) is 0 Å². The van der Waals surface area contributed by atoms with Crippen LogP contribution in [0.2, 0.25) is 0 Å². The zero-order valence-electron chi connectivity index (χ0n) is 12.6. The number of benzene rings is 1. The number of fused-ring (bicyclic) bond motifs is 1. The number of hydrogen-bond donors (Lipinski definition) is 1. The van der Waals surface area contributed by atoms with Gasteiger partial charge in [0.1, 0.15) is 0 Å². The fourth-order valence-electron chi connectivity index (χ4n) is 3.18. The summed E-state index contributed by atoms with van der Waals surface area (Å²) in [6.45, 7) is 7.75. The Labute approximate surface area is 126 Å². The molecular formula is C18H23NS. The predicted molar refractivity (Wildman–Crippen MR) is 87.5 cm³/mol. The number of aryl methyl sites for hydroxylation is 2. The molecule has 0 amide bonds. The van der Waals surface area contributed by atoms with Crippen molar-refractivity contribution in [2.24, 2.45) is 0 Å². The van der Waals surface area contributed by atoms with Gasteiger partial charge in [-0.3, -0.25) is 0 Å². The van der Waals surface area contributed by atoms with E-state index in [4.69, 9.17) is 0 Å². The number of nitrogens with one attached hydrogen (secondary N) is 1. The van der Waals surface area contributed by atoms with Crippen LogP contribution in [0.3, 0.4) is 0 Å².